The van der Waals surface area contributed by atoms with Crippen LogP contribution >= 0.6 is 11.3 Å². The van der Waals surface area contributed by atoms with Crippen molar-refractivity contribution in [1.29, 1.82) is 0 Å². The summed E-state index contributed by atoms with van der Waals surface area (Å²) in [6.07, 6.45) is 6.55. The number of hydrogen-bond acceptors (Lipinski definition) is 6. The molecule has 5 rings (SSSR count). The number of carbonyl (C=O) groups excluding carboxylic acids is 1. The molecule has 0 unspecified atom stereocenters. The van der Waals surface area contributed by atoms with Crippen molar-refractivity contribution in [2.75, 3.05) is 5.32 Å². The van der Waals surface area contributed by atoms with Gasteiger partial charge in [0.05, 0.1) is 4.88 Å². The molecule has 146 valence electrons. The molecule has 0 saturated heterocycles. The minimum Gasteiger partial charge on any atom is -0.439 e. The lowest BCUT2D eigenvalue weighted by molar-refractivity contribution is 0.103. The fourth-order valence-corrected chi connectivity index (χ4v) is 3.89. The SMILES string of the molecule is O=C(Nc1ccc(Oc2cc(-n3ccnc3)ncn2)cc1)c1cc2ccccc2s1. The van der Waals surface area contributed by atoms with Crippen LogP contribution in [0.2, 0.25) is 0 Å². The summed E-state index contributed by atoms with van der Waals surface area (Å²) in [5.74, 6) is 1.54. The molecule has 0 saturated carbocycles. The number of carbonyl (C=O) groups is 1. The third-order valence-corrected chi connectivity index (χ3v) is 5.50. The summed E-state index contributed by atoms with van der Waals surface area (Å²) in [6, 6.07) is 18.7. The Hall–Kier alpha value is -4.04. The summed E-state index contributed by atoms with van der Waals surface area (Å²) in [6.45, 7) is 0. The molecule has 0 bridgehead atoms. The highest BCUT2D eigenvalue weighted by atomic mass is 32.1. The highest BCUT2D eigenvalue weighted by molar-refractivity contribution is 7.20. The van der Waals surface area contributed by atoms with Crippen molar-refractivity contribution in [3.63, 3.8) is 0 Å². The molecule has 3 aromatic heterocycles. The quantitative estimate of drug-likeness (QED) is 0.442. The molecule has 0 atom stereocenters. The van der Waals surface area contributed by atoms with Gasteiger partial charge in [0.1, 0.15) is 24.2 Å². The van der Waals surface area contributed by atoms with Crippen LogP contribution in [-0.4, -0.2) is 25.4 Å². The smallest absolute Gasteiger partial charge is 0.265 e. The molecule has 1 amide bonds. The molecule has 0 aliphatic heterocycles. The third kappa shape index (κ3) is 3.76. The highest BCUT2D eigenvalue weighted by Gasteiger charge is 2.11. The van der Waals surface area contributed by atoms with Crippen LogP contribution in [0.1, 0.15) is 9.67 Å². The zero-order chi connectivity index (χ0) is 20.3. The lowest BCUT2D eigenvalue weighted by atomic mass is 10.2. The number of amides is 1. The van der Waals surface area contributed by atoms with Crippen molar-refractivity contribution >= 4 is 33.0 Å². The lowest BCUT2D eigenvalue weighted by Crippen LogP contribution is -2.09. The fraction of sp³-hybridized carbons (Fsp3) is 0. The van der Waals surface area contributed by atoms with Gasteiger partial charge >= 0.3 is 0 Å². The van der Waals surface area contributed by atoms with Crippen LogP contribution < -0.4 is 10.1 Å². The Kier molecular flexibility index (Phi) is 4.66. The van der Waals surface area contributed by atoms with Crippen LogP contribution in [0.3, 0.4) is 0 Å². The van der Waals surface area contributed by atoms with E-state index < -0.39 is 0 Å². The van der Waals surface area contributed by atoms with Crippen molar-refractivity contribution in [3.05, 3.63) is 90.6 Å². The first-order chi connectivity index (χ1) is 14.7. The number of fused-ring (bicyclic) bond motifs is 1. The molecule has 30 heavy (non-hydrogen) atoms. The molecular weight excluding hydrogens is 398 g/mol. The van der Waals surface area contributed by atoms with Gasteiger partial charge in [0.15, 0.2) is 0 Å². The number of imidazole rings is 1. The van der Waals surface area contributed by atoms with E-state index in [0.29, 0.717) is 28.0 Å². The van der Waals surface area contributed by atoms with E-state index in [1.54, 1.807) is 53.6 Å². The maximum absolute atomic E-state index is 12.6. The zero-order valence-corrected chi connectivity index (χ0v) is 16.4. The number of thiophene rings is 1. The highest BCUT2D eigenvalue weighted by Crippen LogP contribution is 2.27. The van der Waals surface area contributed by atoms with Crippen LogP contribution in [0.25, 0.3) is 15.9 Å². The molecule has 0 aliphatic rings. The van der Waals surface area contributed by atoms with Crippen molar-refractivity contribution < 1.29 is 9.53 Å². The van der Waals surface area contributed by atoms with Crippen LogP contribution in [0, 0.1) is 0 Å². The van der Waals surface area contributed by atoms with Gasteiger partial charge in [-0.05, 0) is 41.8 Å². The van der Waals surface area contributed by atoms with Gasteiger partial charge in [0.25, 0.3) is 5.91 Å². The van der Waals surface area contributed by atoms with E-state index in [1.807, 2.05) is 30.3 Å². The Labute approximate surface area is 175 Å². The first-order valence-corrected chi connectivity index (χ1v) is 9.94. The molecule has 2 aromatic carbocycles. The minimum atomic E-state index is -0.134. The van der Waals surface area contributed by atoms with Gasteiger partial charge in [-0.3, -0.25) is 9.36 Å². The van der Waals surface area contributed by atoms with Crippen LogP contribution in [0.5, 0.6) is 11.6 Å². The normalized spacial score (nSPS) is 10.8. The first-order valence-electron chi connectivity index (χ1n) is 9.13. The first kappa shape index (κ1) is 18.0. The number of rotatable bonds is 5. The molecule has 0 radical (unpaired) electrons. The van der Waals surface area contributed by atoms with Crippen LogP contribution in [-0.2, 0) is 0 Å². The number of anilines is 1. The molecule has 7 nitrogen and oxygen atoms in total. The number of nitrogens with one attached hydrogen (secondary N) is 1. The monoisotopic (exact) mass is 413 g/mol. The average Bonchev–Trinajstić information content (AvgIpc) is 3.45. The Morgan fingerprint density at radius 1 is 1.03 bits per heavy atom. The van der Waals surface area contributed by atoms with Crippen molar-refractivity contribution in [3.8, 4) is 17.4 Å². The number of nitrogens with zero attached hydrogens (tertiary/aromatic N) is 4. The molecule has 1 N–H and O–H groups in total. The zero-order valence-electron chi connectivity index (χ0n) is 15.6. The van der Waals surface area contributed by atoms with Crippen LogP contribution in [0.15, 0.2) is 85.7 Å². The molecule has 8 heteroatoms. The van der Waals surface area contributed by atoms with E-state index in [9.17, 15) is 4.79 Å². The van der Waals surface area contributed by atoms with Gasteiger partial charge in [0, 0.05) is 28.8 Å². The summed E-state index contributed by atoms with van der Waals surface area (Å²) < 4.78 is 8.66. The van der Waals surface area contributed by atoms with E-state index in [-0.39, 0.29) is 5.91 Å². The molecule has 0 aliphatic carbocycles. The number of hydrogen-bond donors (Lipinski definition) is 1. The molecule has 3 heterocycles. The average molecular weight is 413 g/mol. The Morgan fingerprint density at radius 2 is 1.90 bits per heavy atom. The molecular formula is C22H15N5O2S. The van der Waals surface area contributed by atoms with Gasteiger partial charge in [-0.1, -0.05) is 18.2 Å². The van der Waals surface area contributed by atoms with E-state index in [0.717, 1.165) is 10.1 Å². The topological polar surface area (TPSA) is 81.9 Å². The van der Waals surface area contributed by atoms with Crippen LogP contribution in [0.4, 0.5) is 5.69 Å². The van der Waals surface area contributed by atoms with E-state index in [1.165, 1.54) is 17.7 Å². The second kappa shape index (κ2) is 7.76. The van der Waals surface area contributed by atoms with Crippen molar-refractivity contribution in [2.45, 2.75) is 0 Å². The third-order valence-electron chi connectivity index (χ3n) is 4.38. The summed E-state index contributed by atoms with van der Waals surface area (Å²) in [4.78, 5) is 25.6. The summed E-state index contributed by atoms with van der Waals surface area (Å²) in [5, 5.41) is 3.98. The maximum Gasteiger partial charge on any atom is 0.265 e. The minimum absolute atomic E-state index is 0.134. The van der Waals surface area contributed by atoms with Gasteiger partial charge < -0.3 is 10.1 Å². The molecule has 5 aromatic rings. The summed E-state index contributed by atoms with van der Waals surface area (Å²) in [7, 11) is 0. The Morgan fingerprint density at radius 3 is 2.70 bits per heavy atom. The molecule has 0 fully saturated rings. The number of ether oxygens (including phenoxy) is 1. The van der Waals surface area contributed by atoms with Gasteiger partial charge in [-0.2, -0.15) is 0 Å². The Bertz CT molecular complexity index is 1280. The van der Waals surface area contributed by atoms with Crippen molar-refractivity contribution in [2.24, 2.45) is 0 Å². The predicted octanol–water partition coefficient (Wildman–Crippen LogP) is 4.92. The number of benzene rings is 2. The second-order valence-electron chi connectivity index (χ2n) is 6.41. The van der Waals surface area contributed by atoms with Gasteiger partial charge in [-0.25, -0.2) is 15.0 Å². The summed E-state index contributed by atoms with van der Waals surface area (Å²) >= 11 is 1.47. The second-order valence-corrected chi connectivity index (χ2v) is 7.50. The largest absolute Gasteiger partial charge is 0.439 e. The maximum atomic E-state index is 12.6. The van der Waals surface area contributed by atoms with E-state index in [4.69, 9.17) is 4.74 Å². The lowest BCUT2D eigenvalue weighted by Gasteiger charge is -2.08. The van der Waals surface area contributed by atoms with E-state index >= 15 is 0 Å². The predicted molar refractivity (Wildman–Crippen MR) is 115 cm³/mol. The van der Waals surface area contributed by atoms with Gasteiger partial charge in [-0.15, -0.1) is 11.3 Å². The van der Waals surface area contributed by atoms with Gasteiger partial charge in [0.2, 0.25) is 5.88 Å². The Balaban J connectivity index is 1.27. The van der Waals surface area contributed by atoms with E-state index in [2.05, 4.69) is 20.3 Å². The standard InChI is InChI=1S/C22H15N5O2S/c28-22(19-11-15-3-1-2-4-18(15)30-19)26-16-5-7-17(8-6-16)29-21-12-20(24-13-25-21)27-10-9-23-14-27/h1-14H,(H,26,28). The summed E-state index contributed by atoms with van der Waals surface area (Å²) in [5.41, 5.74) is 0.687. The fourth-order valence-electron chi connectivity index (χ4n) is 2.94. The molecule has 0 spiro atoms. The van der Waals surface area contributed by atoms with Crippen molar-refractivity contribution in [1.82, 2.24) is 19.5 Å². The number of aromatic nitrogens is 4.